The summed E-state index contributed by atoms with van der Waals surface area (Å²) in [6.07, 6.45) is 3.19. The fourth-order valence-electron chi connectivity index (χ4n) is 1.91. The van der Waals surface area contributed by atoms with Crippen LogP contribution in [0.3, 0.4) is 0 Å². The summed E-state index contributed by atoms with van der Waals surface area (Å²) >= 11 is 14.0. The third-order valence-corrected chi connectivity index (χ3v) is 4.59. The third-order valence-electron chi connectivity index (χ3n) is 2.89. The van der Waals surface area contributed by atoms with E-state index in [0.717, 1.165) is 28.7 Å². The van der Waals surface area contributed by atoms with Crippen LogP contribution in [0, 0.1) is 0 Å². The number of benzene rings is 1. The Morgan fingerprint density at radius 3 is 2.25 bits per heavy atom. The van der Waals surface area contributed by atoms with E-state index in [4.69, 9.17) is 33.4 Å². The zero-order valence-corrected chi connectivity index (χ0v) is 14.5. The van der Waals surface area contributed by atoms with Crippen LogP contribution in [0.25, 0.3) is 4.91 Å². The number of aliphatic carboxylic acids is 2. The first-order valence-corrected chi connectivity index (χ1v) is 8.25. The molecule has 0 aliphatic carbocycles. The minimum Gasteiger partial charge on any atom is -0.478 e. The SMILES string of the molecule is Clc1cccc(Cl)c1C1=CN2CCN=C2S1.O=C(O)/C=C/C(=O)O. The number of amidine groups is 1. The molecule has 126 valence electrons. The second-order valence-corrected chi connectivity index (χ2v) is 6.38. The van der Waals surface area contributed by atoms with Crippen molar-refractivity contribution in [3.8, 4) is 0 Å². The van der Waals surface area contributed by atoms with Crippen LogP contribution in [0.2, 0.25) is 10.0 Å². The highest BCUT2D eigenvalue weighted by Crippen LogP contribution is 2.43. The fraction of sp³-hybridized carbons (Fsp3) is 0.133. The van der Waals surface area contributed by atoms with E-state index >= 15 is 0 Å². The van der Waals surface area contributed by atoms with E-state index in [9.17, 15) is 9.59 Å². The summed E-state index contributed by atoms with van der Waals surface area (Å²) in [7, 11) is 0. The number of carboxylic acids is 2. The number of aliphatic imine (C=N–C) groups is 1. The van der Waals surface area contributed by atoms with Crippen molar-refractivity contribution in [2.24, 2.45) is 4.99 Å². The summed E-state index contributed by atoms with van der Waals surface area (Å²) in [4.78, 5) is 26.7. The van der Waals surface area contributed by atoms with Crippen LogP contribution in [0.4, 0.5) is 0 Å². The third kappa shape index (κ3) is 4.77. The molecule has 1 aromatic carbocycles. The van der Waals surface area contributed by atoms with E-state index in [0.29, 0.717) is 22.2 Å². The van der Waals surface area contributed by atoms with Gasteiger partial charge in [0, 0.05) is 35.4 Å². The number of rotatable bonds is 3. The Labute approximate surface area is 152 Å². The number of hydrogen-bond donors (Lipinski definition) is 2. The van der Waals surface area contributed by atoms with Crippen molar-refractivity contribution < 1.29 is 19.8 Å². The molecule has 6 nitrogen and oxygen atoms in total. The lowest BCUT2D eigenvalue weighted by atomic mass is 10.2. The van der Waals surface area contributed by atoms with Crippen LogP contribution in [0.15, 0.2) is 41.5 Å². The predicted octanol–water partition coefficient (Wildman–Crippen LogP) is 3.42. The zero-order chi connectivity index (χ0) is 17.7. The topological polar surface area (TPSA) is 90.2 Å². The van der Waals surface area contributed by atoms with E-state index in [1.165, 1.54) is 0 Å². The molecule has 2 aliphatic heterocycles. The number of hydrogen-bond acceptors (Lipinski definition) is 5. The summed E-state index contributed by atoms with van der Waals surface area (Å²) in [6.45, 7) is 1.83. The molecular formula is C15H12Cl2N2O4S. The molecule has 0 spiro atoms. The molecule has 2 aliphatic rings. The highest BCUT2D eigenvalue weighted by molar-refractivity contribution is 8.22. The van der Waals surface area contributed by atoms with Gasteiger partial charge in [-0.3, -0.25) is 4.99 Å². The van der Waals surface area contributed by atoms with Crippen LogP contribution >= 0.6 is 35.0 Å². The van der Waals surface area contributed by atoms with Gasteiger partial charge in [-0.25, -0.2) is 9.59 Å². The summed E-state index contributed by atoms with van der Waals surface area (Å²) in [5.74, 6) is -2.51. The van der Waals surface area contributed by atoms with Gasteiger partial charge < -0.3 is 15.1 Å². The molecule has 0 atom stereocenters. The average Bonchev–Trinajstić information content (AvgIpc) is 3.07. The van der Waals surface area contributed by atoms with Crippen molar-refractivity contribution in [1.29, 1.82) is 0 Å². The molecule has 3 rings (SSSR count). The van der Waals surface area contributed by atoms with E-state index < -0.39 is 11.9 Å². The molecule has 0 bridgehead atoms. The molecule has 0 amide bonds. The van der Waals surface area contributed by atoms with Crippen LogP contribution < -0.4 is 0 Å². The van der Waals surface area contributed by atoms with E-state index in [1.807, 2.05) is 18.2 Å². The van der Waals surface area contributed by atoms with Crippen LogP contribution in [-0.4, -0.2) is 45.3 Å². The van der Waals surface area contributed by atoms with Gasteiger partial charge >= 0.3 is 11.9 Å². The molecule has 0 radical (unpaired) electrons. The highest BCUT2D eigenvalue weighted by Gasteiger charge is 2.27. The van der Waals surface area contributed by atoms with Gasteiger partial charge in [0.25, 0.3) is 0 Å². The van der Waals surface area contributed by atoms with Crippen molar-refractivity contribution in [3.05, 3.63) is 52.2 Å². The highest BCUT2D eigenvalue weighted by atomic mass is 35.5. The Morgan fingerprint density at radius 2 is 1.75 bits per heavy atom. The normalized spacial score (nSPS) is 15.5. The Bertz CT molecular complexity index is 726. The number of nitrogens with zero attached hydrogens (tertiary/aromatic N) is 2. The maximum absolute atomic E-state index is 9.55. The smallest absolute Gasteiger partial charge is 0.328 e. The first-order chi connectivity index (χ1) is 11.4. The van der Waals surface area contributed by atoms with E-state index in [1.54, 1.807) is 11.8 Å². The minimum absolute atomic E-state index is 0.558. The second kappa shape index (κ2) is 8.23. The standard InChI is InChI=1S/C11H8Cl2N2S.C4H4O4/c12-7-2-1-3-8(13)10(7)9-6-15-5-4-14-11(15)16-9;5-3(6)1-2-4(7)8/h1-3,6H,4-5H2;1-2H,(H,5,6)(H,7,8)/b;2-1+. The summed E-state index contributed by atoms with van der Waals surface area (Å²) in [6, 6.07) is 5.57. The Hall–Kier alpha value is -1.96. The first kappa shape index (κ1) is 18.4. The molecule has 1 aromatic rings. The summed E-state index contributed by atoms with van der Waals surface area (Å²) in [5.41, 5.74) is 0.910. The van der Waals surface area contributed by atoms with Gasteiger partial charge in [0.2, 0.25) is 0 Å². The number of fused-ring (bicyclic) bond motifs is 1. The Balaban J connectivity index is 0.000000224. The van der Waals surface area contributed by atoms with Gasteiger partial charge in [0.05, 0.1) is 16.6 Å². The van der Waals surface area contributed by atoms with Crippen molar-refractivity contribution in [2.75, 3.05) is 13.1 Å². The van der Waals surface area contributed by atoms with E-state index in [-0.39, 0.29) is 0 Å². The lowest BCUT2D eigenvalue weighted by Gasteiger charge is -2.05. The van der Waals surface area contributed by atoms with Crippen molar-refractivity contribution in [3.63, 3.8) is 0 Å². The molecule has 9 heteroatoms. The quantitative estimate of drug-likeness (QED) is 0.773. The molecule has 0 aromatic heterocycles. The van der Waals surface area contributed by atoms with Crippen molar-refractivity contribution >= 4 is 57.0 Å². The zero-order valence-electron chi connectivity index (χ0n) is 12.1. The van der Waals surface area contributed by atoms with E-state index in [2.05, 4.69) is 16.1 Å². The molecule has 0 saturated heterocycles. The maximum atomic E-state index is 9.55. The Morgan fingerprint density at radius 1 is 1.17 bits per heavy atom. The lowest BCUT2D eigenvalue weighted by Crippen LogP contribution is -2.14. The molecule has 2 N–H and O–H groups in total. The summed E-state index contributed by atoms with van der Waals surface area (Å²) in [5, 5.41) is 18.0. The van der Waals surface area contributed by atoms with Gasteiger partial charge in [0.15, 0.2) is 5.17 Å². The second-order valence-electron chi connectivity index (χ2n) is 4.56. The molecular weight excluding hydrogens is 375 g/mol. The van der Waals surface area contributed by atoms with Gasteiger partial charge in [0.1, 0.15) is 0 Å². The van der Waals surface area contributed by atoms with Crippen LogP contribution in [0.5, 0.6) is 0 Å². The van der Waals surface area contributed by atoms with Crippen LogP contribution in [0.1, 0.15) is 5.56 Å². The van der Waals surface area contributed by atoms with Crippen LogP contribution in [-0.2, 0) is 9.59 Å². The molecule has 2 heterocycles. The summed E-state index contributed by atoms with van der Waals surface area (Å²) < 4.78 is 0. The number of carbonyl (C=O) groups is 2. The predicted molar refractivity (Wildman–Crippen MR) is 95.4 cm³/mol. The minimum atomic E-state index is -1.26. The fourth-order valence-corrected chi connectivity index (χ4v) is 3.74. The number of halogens is 2. The molecule has 0 saturated carbocycles. The monoisotopic (exact) mass is 386 g/mol. The Kier molecular flexibility index (Phi) is 6.30. The van der Waals surface area contributed by atoms with Crippen molar-refractivity contribution in [1.82, 2.24) is 4.90 Å². The van der Waals surface area contributed by atoms with Crippen molar-refractivity contribution in [2.45, 2.75) is 0 Å². The van der Waals surface area contributed by atoms with Gasteiger partial charge in [-0.1, -0.05) is 29.3 Å². The van der Waals surface area contributed by atoms with Gasteiger partial charge in [-0.05, 0) is 23.9 Å². The molecule has 0 fully saturated rings. The van der Waals surface area contributed by atoms with Gasteiger partial charge in [-0.15, -0.1) is 0 Å². The largest absolute Gasteiger partial charge is 0.478 e. The number of carboxylic acid groups (broad SMARTS) is 2. The average molecular weight is 387 g/mol. The number of thioether (sulfide) groups is 1. The lowest BCUT2D eigenvalue weighted by molar-refractivity contribution is -0.134. The molecule has 0 unspecified atom stereocenters. The first-order valence-electron chi connectivity index (χ1n) is 6.67. The van der Waals surface area contributed by atoms with Gasteiger partial charge in [-0.2, -0.15) is 0 Å². The maximum Gasteiger partial charge on any atom is 0.328 e. The molecule has 24 heavy (non-hydrogen) atoms.